The Balaban J connectivity index is 1.90. The van der Waals surface area contributed by atoms with Crippen molar-refractivity contribution >= 4 is 23.4 Å². The number of hydrazine groups is 1. The summed E-state index contributed by atoms with van der Waals surface area (Å²) in [5, 5.41) is 1.44. The third kappa shape index (κ3) is 5.85. The lowest BCUT2D eigenvalue weighted by molar-refractivity contribution is -0.143. The fourth-order valence-electron chi connectivity index (χ4n) is 2.94. The van der Waals surface area contributed by atoms with Crippen molar-refractivity contribution in [3.05, 3.63) is 96.6 Å². The van der Waals surface area contributed by atoms with Crippen molar-refractivity contribution in [3.63, 3.8) is 0 Å². The molecule has 0 spiro atoms. The number of urea groups is 1. The standard InChI is InChI=1S/C24H25N3O3/c1-2-30-23(28)19-26(18-20-12-6-3-7-13-20)24(29)27(22-16-10-5-11-17-22)25-21-14-8-4-9-15-21/h3-17,25H,2,18-19H2,1H3. The van der Waals surface area contributed by atoms with Crippen molar-refractivity contribution < 1.29 is 14.3 Å². The number of nitrogens with one attached hydrogen (secondary N) is 1. The molecule has 0 radical (unpaired) electrons. The molecule has 3 aromatic carbocycles. The fourth-order valence-corrected chi connectivity index (χ4v) is 2.94. The van der Waals surface area contributed by atoms with Crippen LogP contribution in [0.25, 0.3) is 0 Å². The zero-order valence-electron chi connectivity index (χ0n) is 16.9. The molecule has 0 aliphatic carbocycles. The van der Waals surface area contributed by atoms with Gasteiger partial charge in [-0.25, -0.2) is 9.80 Å². The van der Waals surface area contributed by atoms with Gasteiger partial charge >= 0.3 is 12.0 Å². The zero-order valence-corrected chi connectivity index (χ0v) is 16.9. The van der Waals surface area contributed by atoms with E-state index in [1.54, 1.807) is 6.92 Å². The number of amides is 2. The minimum absolute atomic E-state index is 0.151. The van der Waals surface area contributed by atoms with E-state index in [1.807, 2.05) is 91.0 Å². The zero-order chi connectivity index (χ0) is 21.2. The molecule has 154 valence electrons. The Hall–Kier alpha value is -3.80. The Morgan fingerprint density at radius 1 is 0.833 bits per heavy atom. The van der Waals surface area contributed by atoms with Gasteiger partial charge in [-0.2, -0.15) is 0 Å². The van der Waals surface area contributed by atoms with Crippen LogP contribution in [-0.2, 0) is 16.1 Å². The van der Waals surface area contributed by atoms with Gasteiger partial charge in [0.25, 0.3) is 0 Å². The molecule has 6 nitrogen and oxygen atoms in total. The Bertz CT molecular complexity index is 934. The van der Waals surface area contributed by atoms with Crippen LogP contribution >= 0.6 is 0 Å². The van der Waals surface area contributed by atoms with Gasteiger partial charge in [-0.3, -0.25) is 10.2 Å². The van der Waals surface area contributed by atoms with E-state index in [4.69, 9.17) is 4.74 Å². The molecular formula is C24H25N3O3. The van der Waals surface area contributed by atoms with Gasteiger partial charge in [0.05, 0.1) is 18.0 Å². The Labute approximate surface area is 176 Å². The van der Waals surface area contributed by atoms with Gasteiger partial charge in [0.1, 0.15) is 6.54 Å². The number of rotatable bonds is 8. The summed E-state index contributed by atoms with van der Waals surface area (Å²) in [4.78, 5) is 27.3. The minimum atomic E-state index is -0.450. The van der Waals surface area contributed by atoms with E-state index >= 15 is 0 Å². The largest absolute Gasteiger partial charge is 0.465 e. The lowest BCUT2D eigenvalue weighted by Gasteiger charge is -2.31. The lowest BCUT2D eigenvalue weighted by Crippen LogP contribution is -2.48. The molecule has 6 heteroatoms. The molecule has 1 N–H and O–H groups in total. The second-order valence-corrected chi connectivity index (χ2v) is 6.58. The molecule has 0 aliphatic rings. The van der Waals surface area contributed by atoms with Crippen molar-refractivity contribution in [2.75, 3.05) is 23.6 Å². The first-order valence-electron chi connectivity index (χ1n) is 9.82. The molecule has 0 fully saturated rings. The summed E-state index contributed by atoms with van der Waals surface area (Å²) in [6, 6.07) is 27.9. The van der Waals surface area contributed by atoms with Gasteiger partial charge < -0.3 is 9.64 Å². The number of para-hydroxylation sites is 2. The predicted molar refractivity (Wildman–Crippen MR) is 118 cm³/mol. The Kier molecular flexibility index (Phi) is 7.44. The number of hydrogen-bond acceptors (Lipinski definition) is 4. The van der Waals surface area contributed by atoms with Crippen LogP contribution in [0.3, 0.4) is 0 Å². The molecule has 0 saturated heterocycles. The highest BCUT2D eigenvalue weighted by molar-refractivity contribution is 5.95. The van der Waals surface area contributed by atoms with Gasteiger partial charge in [-0.15, -0.1) is 0 Å². The lowest BCUT2D eigenvalue weighted by atomic mass is 10.2. The molecule has 0 heterocycles. The average Bonchev–Trinajstić information content (AvgIpc) is 2.79. The molecule has 30 heavy (non-hydrogen) atoms. The van der Waals surface area contributed by atoms with E-state index in [2.05, 4.69) is 5.43 Å². The van der Waals surface area contributed by atoms with Gasteiger partial charge in [-0.1, -0.05) is 66.7 Å². The SMILES string of the molecule is CCOC(=O)CN(Cc1ccccc1)C(=O)N(Nc1ccccc1)c1ccccc1. The van der Waals surface area contributed by atoms with E-state index in [0.717, 1.165) is 11.3 Å². The van der Waals surface area contributed by atoms with E-state index < -0.39 is 5.97 Å². The third-order valence-corrected chi connectivity index (χ3v) is 4.33. The summed E-state index contributed by atoms with van der Waals surface area (Å²) in [6.45, 7) is 2.13. The van der Waals surface area contributed by atoms with E-state index in [1.165, 1.54) is 9.91 Å². The molecule has 3 aromatic rings. The highest BCUT2D eigenvalue weighted by Crippen LogP contribution is 2.19. The average molecular weight is 403 g/mol. The van der Waals surface area contributed by atoms with Crippen molar-refractivity contribution in [1.29, 1.82) is 0 Å². The van der Waals surface area contributed by atoms with Crippen LogP contribution in [0.5, 0.6) is 0 Å². The predicted octanol–water partition coefficient (Wildman–Crippen LogP) is 4.71. The van der Waals surface area contributed by atoms with Crippen molar-refractivity contribution in [2.24, 2.45) is 0 Å². The van der Waals surface area contributed by atoms with Crippen LogP contribution in [0.2, 0.25) is 0 Å². The summed E-state index contributed by atoms with van der Waals surface area (Å²) >= 11 is 0. The molecule has 2 amide bonds. The third-order valence-electron chi connectivity index (χ3n) is 4.33. The number of carbonyl (C=O) groups is 2. The van der Waals surface area contributed by atoms with Crippen molar-refractivity contribution in [2.45, 2.75) is 13.5 Å². The summed E-state index contributed by atoms with van der Waals surface area (Å²) in [7, 11) is 0. The van der Waals surface area contributed by atoms with Crippen LogP contribution in [0.4, 0.5) is 16.2 Å². The highest BCUT2D eigenvalue weighted by atomic mass is 16.5. The Morgan fingerprint density at radius 2 is 1.40 bits per heavy atom. The van der Waals surface area contributed by atoms with E-state index in [9.17, 15) is 9.59 Å². The number of hydrogen-bond donors (Lipinski definition) is 1. The van der Waals surface area contributed by atoms with Crippen molar-refractivity contribution in [3.8, 4) is 0 Å². The number of anilines is 2. The van der Waals surface area contributed by atoms with Crippen LogP contribution in [0.15, 0.2) is 91.0 Å². The summed E-state index contributed by atoms with van der Waals surface area (Å²) < 4.78 is 5.09. The van der Waals surface area contributed by atoms with Crippen LogP contribution in [0.1, 0.15) is 12.5 Å². The normalized spacial score (nSPS) is 10.2. The minimum Gasteiger partial charge on any atom is -0.465 e. The van der Waals surface area contributed by atoms with Gasteiger partial charge in [0.2, 0.25) is 0 Å². The highest BCUT2D eigenvalue weighted by Gasteiger charge is 2.25. The number of nitrogens with zero attached hydrogens (tertiary/aromatic N) is 2. The summed E-state index contributed by atoms with van der Waals surface area (Å²) in [5.74, 6) is -0.450. The topological polar surface area (TPSA) is 61.9 Å². The van der Waals surface area contributed by atoms with Gasteiger partial charge in [0.15, 0.2) is 0 Å². The molecule has 0 saturated carbocycles. The summed E-state index contributed by atoms with van der Waals surface area (Å²) in [6.07, 6.45) is 0. The second kappa shape index (κ2) is 10.7. The van der Waals surface area contributed by atoms with Crippen LogP contribution in [-0.4, -0.2) is 30.1 Å². The van der Waals surface area contributed by atoms with Crippen molar-refractivity contribution in [1.82, 2.24) is 4.90 Å². The quantitative estimate of drug-likeness (QED) is 0.437. The smallest absolute Gasteiger partial charge is 0.344 e. The maximum atomic E-state index is 13.6. The van der Waals surface area contributed by atoms with Gasteiger partial charge in [-0.05, 0) is 36.8 Å². The molecule has 0 aliphatic heterocycles. The number of esters is 1. The number of ether oxygens (including phenoxy) is 1. The van der Waals surface area contributed by atoms with Gasteiger partial charge in [0, 0.05) is 6.54 Å². The molecule has 3 rings (SSSR count). The number of carbonyl (C=O) groups excluding carboxylic acids is 2. The second-order valence-electron chi connectivity index (χ2n) is 6.58. The van der Waals surface area contributed by atoms with Crippen LogP contribution < -0.4 is 10.4 Å². The molecular weight excluding hydrogens is 378 g/mol. The summed E-state index contributed by atoms with van der Waals surface area (Å²) in [5.41, 5.74) is 5.49. The molecule has 0 bridgehead atoms. The molecule has 0 unspecified atom stereocenters. The van der Waals surface area contributed by atoms with Crippen LogP contribution in [0, 0.1) is 0 Å². The van der Waals surface area contributed by atoms with E-state index in [-0.39, 0.29) is 25.7 Å². The maximum absolute atomic E-state index is 13.6. The fraction of sp³-hybridized carbons (Fsp3) is 0.167. The van der Waals surface area contributed by atoms with E-state index in [0.29, 0.717) is 5.69 Å². The first-order chi connectivity index (χ1) is 14.7. The molecule has 0 atom stereocenters. The first-order valence-corrected chi connectivity index (χ1v) is 9.82. The monoisotopic (exact) mass is 403 g/mol. The molecule has 0 aromatic heterocycles. The maximum Gasteiger partial charge on any atom is 0.344 e. The first kappa shape index (κ1) is 20.9. The Morgan fingerprint density at radius 3 is 2.00 bits per heavy atom. The number of benzene rings is 3.